The molecule has 0 bridgehead atoms. The van der Waals surface area contributed by atoms with Gasteiger partial charge in [0, 0.05) is 17.6 Å². The number of carbonyl (C=O) groups excluding carboxylic acids is 1. The summed E-state index contributed by atoms with van der Waals surface area (Å²) >= 11 is 3.22. The minimum absolute atomic E-state index is 0.0155. The molecule has 110 valence electrons. The molecule has 0 aliphatic carbocycles. The molecule has 1 N–H and O–H groups in total. The third-order valence-electron chi connectivity index (χ3n) is 3.34. The number of nitrogens with zero attached hydrogens (tertiary/aromatic N) is 1. The summed E-state index contributed by atoms with van der Waals surface area (Å²) in [5, 5.41) is 8.71. The maximum Gasteiger partial charge on any atom is 0.255 e. The lowest BCUT2D eigenvalue weighted by molar-refractivity contribution is -0.00555. The number of halogens is 2. The molecular weight excluding hydrogens is 329 g/mol. The van der Waals surface area contributed by atoms with Crippen LogP contribution in [0.3, 0.4) is 0 Å². The number of piperidine rings is 1. The lowest BCUT2D eigenvalue weighted by atomic mass is 10.1. The fourth-order valence-corrected chi connectivity index (χ4v) is 2.80. The van der Waals surface area contributed by atoms with Gasteiger partial charge in [-0.25, -0.2) is 4.39 Å². The van der Waals surface area contributed by atoms with Gasteiger partial charge in [0.2, 0.25) is 0 Å². The van der Waals surface area contributed by atoms with Gasteiger partial charge in [0.15, 0.2) is 0 Å². The van der Waals surface area contributed by atoms with Crippen LogP contribution in [0.15, 0.2) is 22.7 Å². The zero-order chi connectivity index (χ0) is 14.5. The normalized spacial score (nSPS) is 16.4. The Hall–Kier alpha value is -0.980. The molecule has 1 aliphatic heterocycles. The molecule has 20 heavy (non-hydrogen) atoms. The highest BCUT2D eigenvalue weighted by atomic mass is 79.9. The van der Waals surface area contributed by atoms with Gasteiger partial charge in [-0.2, -0.15) is 0 Å². The van der Waals surface area contributed by atoms with E-state index >= 15 is 0 Å². The number of aliphatic hydroxyl groups excluding tert-OH is 1. The van der Waals surface area contributed by atoms with E-state index in [9.17, 15) is 9.18 Å². The van der Waals surface area contributed by atoms with Crippen LogP contribution < -0.4 is 0 Å². The molecule has 0 atom stereocenters. The monoisotopic (exact) mass is 345 g/mol. The van der Waals surface area contributed by atoms with Gasteiger partial charge >= 0.3 is 0 Å². The summed E-state index contributed by atoms with van der Waals surface area (Å²) < 4.78 is 19.0. The fraction of sp³-hybridized carbons (Fsp3) is 0.500. The van der Waals surface area contributed by atoms with Crippen LogP contribution in [0.1, 0.15) is 23.2 Å². The summed E-state index contributed by atoms with van der Waals surface area (Å²) in [6, 6.07) is 4.08. The van der Waals surface area contributed by atoms with Crippen LogP contribution in [-0.2, 0) is 4.74 Å². The van der Waals surface area contributed by atoms with Crippen molar-refractivity contribution >= 4 is 21.8 Å². The summed E-state index contributed by atoms with van der Waals surface area (Å²) in [5.74, 6) is -0.470. The largest absolute Gasteiger partial charge is 0.394 e. The van der Waals surface area contributed by atoms with E-state index in [1.165, 1.54) is 18.2 Å². The standard InChI is InChI=1S/C14H17BrFNO3/c15-13-9-10(16)1-2-12(13)14(19)17-5-3-11(4-6-17)20-8-7-18/h1-2,9,11,18H,3-8H2. The van der Waals surface area contributed by atoms with Crippen molar-refractivity contribution in [3.8, 4) is 0 Å². The van der Waals surface area contributed by atoms with E-state index in [4.69, 9.17) is 9.84 Å². The summed E-state index contributed by atoms with van der Waals surface area (Å²) in [4.78, 5) is 14.1. The molecule has 1 heterocycles. The van der Waals surface area contributed by atoms with Gasteiger partial charge < -0.3 is 14.7 Å². The molecule has 0 saturated carbocycles. The van der Waals surface area contributed by atoms with E-state index in [0.717, 1.165) is 12.8 Å². The first-order valence-corrected chi connectivity index (χ1v) is 7.38. The van der Waals surface area contributed by atoms with Crippen LogP contribution >= 0.6 is 15.9 Å². The van der Waals surface area contributed by atoms with Gasteiger partial charge in [0.1, 0.15) is 5.82 Å². The maximum atomic E-state index is 13.0. The SMILES string of the molecule is O=C(c1ccc(F)cc1Br)N1CCC(OCCO)CC1. The molecule has 1 fully saturated rings. The van der Waals surface area contributed by atoms with Crippen molar-refractivity contribution in [2.75, 3.05) is 26.3 Å². The van der Waals surface area contributed by atoms with Gasteiger partial charge in [-0.3, -0.25) is 4.79 Å². The predicted molar refractivity (Wildman–Crippen MR) is 76.1 cm³/mol. The molecule has 6 heteroatoms. The predicted octanol–water partition coefficient (Wildman–Crippen LogP) is 2.20. The lowest BCUT2D eigenvalue weighted by Crippen LogP contribution is -2.41. The maximum absolute atomic E-state index is 13.0. The van der Waals surface area contributed by atoms with Crippen LogP contribution in [0.4, 0.5) is 4.39 Å². The average Bonchev–Trinajstić information content (AvgIpc) is 2.45. The lowest BCUT2D eigenvalue weighted by Gasteiger charge is -2.32. The highest BCUT2D eigenvalue weighted by Gasteiger charge is 2.25. The van der Waals surface area contributed by atoms with Crippen LogP contribution in [0, 0.1) is 5.82 Å². The summed E-state index contributed by atoms with van der Waals surface area (Å²) in [6.45, 7) is 1.57. The van der Waals surface area contributed by atoms with Crippen molar-refractivity contribution < 1.29 is 19.0 Å². The van der Waals surface area contributed by atoms with Gasteiger partial charge in [-0.1, -0.05) is 0 Å². The van der Waals surface area contributed by atoms with Crippen molar-refractivity contribution in [3.63, 3.8) is 0 Å². The Morgan fingerprint density at radius 1 is 1.45 bits per heavy atom. The molecule has 1 saturated heterocycles. The second-order valence-corrected chi connectivity index (χ2v) is 5.56. The number of likely N-dealkylation sites (tertiary alicyclic amines) is 1. The number of rotatable bonds is 4. The smallest absolute Gasteiger partial charge is 0.255 e. The Bertz CT molecular complexity index is 475. The number of hydrogen-bond acceptors (Lipinski definition) is 3. The van der Waals surface area contributed by atoms with E-state index in [-0.39, 0.29) is 24.4 Å². The number of amides is 1. The number of aliphatic hydroxyl groups is 1. The molecular formula is C14H17BrFNO3. The van der Waals surface area contributed by atoms with Gasteiger partial charge in [-0.15, -0.1) is 0 Å². The van der Waals surface area contributed by atoms with Gasteiger partial charge in [0.25, 0.3) is 5.91 Å². The quantitative estimate of drug-likeness (QED) is 0.910. The number of benzene rings is 1. The third-order valence-corrected chi connectivity index (χ3v) is 3.99. The van der Waals surface area contributed by atoms with E-state index in [1.807, 2.05) is 0 Å². The van der Waals surface area contributed by atoms with Crippen molar-refractivity contribution in [1.82, 2.24) is 4.90 Å². The van der Waals surface area contributed by atoms with Crippen LogP contribution in [0.25, 0.3) is 0 Å². The molecule has 1 aromatic carbocycles. The molecule has 1 amide bonds. The van der Waals surface area contributed by atoms with Crippen LogP contribution in [0.5, 0.6) is 0 Å². The minimum Gasteiger partial charge on any atom is -0.394 e. The summed E-state index contributed by atoms with van der Waals surface area (Å²) in [6.07, 6.45) is 1.61. The van der Waals surface area contributed by atoms with E-state index in [0.29, 0.717) is 29.7 Å². The Morgan fingerprint density at radius 3 is 2.75 bits per heavy atom. The molecule has 4 nitrogen and oxygen atoms in total. The number of carbonyl (C=O) groups is 1. The van der Waals surface area contributed by atoms with Gasteiger partial charge in [0.05, 0.1) is 24.9 Å². The van der Waals surface area contributed by atoms with E-state index < -0.39 is 0 Å². The van der Waals surface area contributed by atoms with Crippen molar-refractivity contribution in [2.24, 2.45) is 0 Å². The Kier molecular flexibility index (Phi) is 5.51. The molecule has 0 radical (unpaired) electrons. The summed E-state index contributed by atoms with van der Waals surface area (Å²) in [5.41, 5.74) is 0.473. The van der Waals surface area contributed by atoms with Crippen LogP contribution in [-0.4, -0.2) is 48.3 Å². The van der Waals surface area contributed by atoms with E-state index in [2.05, 4.69) is 15.9 Å². The van der Waals surface area contributed by atoms with Crippen molar-refractivity contribution in [3.05, 3.63) is 34.1 Å². The van der Waals surface area contributed by atoms with Gasteiger partial charge in [-0.05, 0) is 47.0 Å². The Labute approximate surface area is 125 Å². The third kappa shape index (κ3) is 3.77. The first-order valence-electron chi connectivity index (χ1n) is 6.58. The summed E-state index contributed by atoms with van der Waals surface area (Å²) in [7, 11) is 0. The number of hydrogen-bond donors (Lipinski definition) is 1. The highest BCUT2D eigenvalue weighted by molar-refractivity contribution is 9.10. The van der Waals surface area contributed by atoms with Crippen molar-refractivity contribution in [2.45, 2.75) is 18.9 Å². The second kappa shape index (κ2) is 7.15. The zero-order valence-corrected chi connectivity index (χ0v) is 12.6. The van der Waals surface area contributed by atoms with Crippen molar-refractivity contribution in [1.29, 1.82) is 0 Å². The topological polar surface area (TPSA) is 49.8 Å². The Morgan fingerprint density at radius 2 is 2.15 bits per heavy atom. The molecule has 1 aliphatic rings. The first kappa shape index (κ1) is 15.4. The van der Waals surface area contributed by atoms with Crippen LogP contribution in [0.2, 0.25) is 0 Å². The first-order chi connectivity index (χ1) is 9.61. The zero-order valence-electron chi connectivity index (χ0n) is 11.0. The molecule has 2 rings (SSSR count). The molecule has 1 aromatic rings. The Balaban J connectivity index is 1.94. The molecule has 0 spiro atoms. The van der Waals surface area contributed by atoms with E-state index in [1.54, 1.807) is 4.90 Å². The minimum atomic E-state index is -0.371. The fourth-order valence-electron chi connectivity index (χ4n) is 2.28. The molecule has 0 aromatic heterocycles. The molecule has 0 unspecified atom stereocenters. The highest BCUT2D eigenvalue weighted by Crippen LogP contribution is 2.22. The number of ether oxygens (including phenoxy) is 1. The average molecular weight is 346 g/mol. The second-order valence-electron chi connectivity index (χ2n) is 4.71.